The van der Waals surface area contributed by atoms with Crippen LogP contribution < -0.4 is 21.9 Å². The maximum Gasteiger partial charge on any atom is 0.352 e. The molecule has 2 atom stereocenters. The molecule has 2 aromatic rings. The van der Waals surface area contributed by atoms with Gasteiger partial charge in [0.05, 0.1) is 0 Å². The summed E-state index contributed by atoms with van der Waals surface area (Å²) in [5, 5.41) is 16.9. The molecular weight excluding hydrogens is 462 g/mol. The number of hydrogen-bond acceptors (Lipinski definition) is 11. The SMILES string of the molecule is CO/N=C(/C(=O)NC1C(=O)N2C(C(=O)O)=C(c3c(C)c(=O)c3=O)CS[C@H]12)c1csc(N)n1. The van der Waals surface area contributed by atoms with E-state index in [1.54, 1.807) is 0 Å². The second-order valence-electron chi connectivity index (χ2n) is 6.84. The number of aliphatic carboxylic acids is 1. The molecule has 1 unspecified atom stereocenters. The Morgan fingerprint density at radius 2 is 2.06 bits per heavy atom. The summed E-state index contributed by atoms with van der Waals surface area (Å²) in [5.74, 6) is -2.75. The van der Waals surface area contributed by atoms with Gasteiger partial charge >= 0.3 is 5.97 Å². The minimum Gasteiger partial charge on any atom is -0.477 e. The average molecular weight is 477 g/mol. The first kappa shape index (κ1) is 21.7. The van der Waals surface area contributed by atoms with Crippen LogP contribution in [0.25, 0.3) is 5.57 Å². The van der Waals surface area contributed by atoms with E-state index in [-0.39, 0.29) is 44.7 Å². The highest BCUT2D eigenvalue weighted by molar-refractivity contribution is 8.00. The highest BCUT2D eigenvalue weighted by atomic mass is 32.2. The second kappa shape index (κ2) is 7.87. The van der Waals surface area contributed by atoms with Gasteiger partial charge in [0.25, 0.3) is 11.8 Å². The first-order chi connectivity index (χ1) is 15.2. The number of nitrogens with one attached hydrogen (secondary N) is 1. The lowest BCUT2D eigenvalue weighted by molar-refractivity contribution is -0.149. The van der Waals surface area contributed by atoms with Crippen LogP contribution in [0.1, 0.15) is 16.8 Å². The Hall–Kier alpha value is -3.52. The van der Waals surface area contributed by atoms with Crippen molar-refractivity contribution in [3.8, 4) is 0 Å². The lowest BCUT2D eigenvalue weighted by atomic mass is 9.92. The van der Waals surface area contributed by atoms with Crippen LogP contribution in [0.5, 0.6) is 0 Å². The molecule has 32 heavy (non-hydrogen) atoms. The molecule has 2 aliphatic rings. The molecule has 166 valence electrons. The largest absolute Gasteiger partial charge is 0.477 e. The van der Waals surface area contributed by atoms with Gasteiger partial charge < -0.3 is 21.0 Å². The molecule has 0 bridgehead atoms. The number of amides is 2. The fourth-order valence-electron chi connectivity index (χ4n) is 3.58. The zero-order valence-corrected chi connectivity index (χ0v) is 18.2. The number of carbonyl (C=O) groups excluding carboxylic acids is 2. The monoisotopic (exact) mass is 477 g/mol. The predicted molar refractivity (Wildman–Crippen MR) is 116 cm³/mol. The molecular formula is C18H15N5O7S2. The van der Waals surface area contributed by atoms with Crippen LogP contribution in [0, 0.1) is 6.92 Å². The third-order valence-corrected chi connectivity index (χ3v) is 7.02. The number of aromatic nitrogens is 1. The number of thiazole rings is 1. The molecule has 2 amide bonds. The number of fused-ring (bicyclic) bond motifs is 1. The van der Waals surface area contributed by atoms with Crippen LogP contribution >= 0.6 is 23.1 Å². The van der Waals surface area contributed by atoms with Crippen molar-refractivity contribution >= 4 is 57.3 Å². The van der Waals surface area contributed by atoms with Crippen molar-refractivity contribution in [2.45, 2.75) is 18.3 Å². The lowest BCUT2D eigenvalue weighted by Gasteiger charge is -2.49. The second-order valence-corrected chi connectivity index (χ2v) is 8.84. The van der Waals surface area contributed by atoms with Gasteiger partial charge in [-0.25, -0.2) is 9.78 Å². The van der Waals surface area contributed by atoms with Gasteiger partial charge in [0.15, 0.2) is 10.8 Å². The van der Waals surface area contributed by atoms with Crippen molar-refractivity contribution in [3.63, 3.8) is 0 Å². The number of β-lactam (4-membered cyclic amide) rings is 1. The Bertz CT molecular complexity index is 1300. The summed E-state index contributed by atoms with van der Waals surface area (Å²) in [6.07, 6.45) is 0. The van der Waals surface area contributed by atoms with E-state index in [0.29, 0.717) is 0 Å². The number of thioether (sulfide) groups is 1. The van der Waals surface area contributed by atoms with E-state index in [1.807, 2.05) is 0 Å². The van der Waals surface area contributed by atoms with Gasteiger partial charge in [-0.3, -0.25) is 24.1 Å². The summed E-state index contributed by atoms with van der Waals surface area (Å²) < 4.78 is 0. The number of nitrogens with zero attached hydrogens (tertiary/aromatic N) is 3. The van der Waals surface area contributed by atoms with Crippen molar-refractivity contribution in [2.24, 2.45) is 5.16 Å². The highest BCUT2D eigenvalue weighted by Crippen LogP contribution is 2.43. The topological polar surface area (TPSA) is 181 Å². The molecule has 0 radical (unpaired) electrons. The van der Waals surface area contributed by atoms with E-state index < -0.39 is 40.1 Å². The van der Waals surface area contributed by atoms with Crippen molar-refractivity contribution in [1.82, 2.24) is 15.2 Å². The molecule has 0 aliphatic carbocycles. The van der Waals surface area contributed by atoms with Gasteiger partial charge in [0.2, 0.25) is 10.9 Å². The van der Waals surface area contributed by atoms with Gasteiger partial charge in [-0.2, -0.15) is 0 Å². The van der Waals surface area contributed by atoms with Gasteiger partial charge in [-0.15, -0.1) is 23.1 Å². The first-order valence-corrected chi connectivity index (χ1v) is 10.9. The number of carboxylic acids is 1. The van der Waals surface area contributed by atoms with Gasteiger partial charge in [-0.1, -0.05) is 5.16 Å². The molecule has 1 saturated heterocycles. The Morgan fingerprint density at radius 1 is 1.34 bits per heavy atom. The summed E-state index contributed by atoms with van der Waals surface area (Å²) in [6, 6.07) is -1.03. The maximum absolute atomic E-state index is 12.8. The fourth-order valence-corrected chi connectivity index (χ4v) is 5.48. The van der Waals surface area contributed by atoms with Crippen LogP contribution in [0.4, 0.5) is 5.13 Å². The number of nitrogen functional groups attached to an aromatic ring is 1. The summed E-state index contributed by atoms with van der Waals surface area (Å²) in [6.45, 7) is 1.44. The van der Waals surface area contributed by atoms with Crippen LogP contribution in [0.15, 0.2) is 25.8 Å². The number of oxime groups is 1. The van der Waals surface area contributed by atoms with E-state index in [4.69, 9.17) is 10.6 Å². The molecule has 0 saturated carbocycles. The Kier molecular flexibility index (Phi) is 5.34. The molecule has 0 spiro atoms. The van der Waals surface area contributed by atoms with E-state index >= 15 is 0 Å². The fraction of sp³-hybridized carbons (Fsp3) is 0.278. The van der Waals surface area contributed by atoms with E-state index in [9.17, 15) is 29.1 Å². The third kappa shape index (κ3) is 3.18. The number of nitrogens with two attached hydrogens (primary N) is 1. The minimum absolute atomic E-state index is 0.0364. The van der Waals surface area contributed by atoms with Crippen molar-refractivity contribution in [3.05, 3.63) is 48.3 Å². The average Bonchev–Trinajstić information content (AvgIpc) is 3.20. The number of hydrogen-bond donors (Lipinski definition) is 3. The molecule has 1 aromatic carbocycles. The summed E-state index contributed by atoms with van der Waals surface area (Å²) >= 11 is 2.26. The summed E-state index contributed by atoms with van der Waals surface area (Å²) in [4.78, 5) is 70.7. The smallest absolute Gasteiger partial charge is 0.352 e. The van der Waals surface area contributed by atoms with Gasteiger partial charge in [0.1, 0.15) is 29.9 Å². The highest BCUT2D eigenvalue weighted by Gasteiger charge is 2.55. The number of rotatable bonds is 6. The van der Waals surface area contributed by atoms with Crippen LogP contribution in [-0.4, -0.2) is 62.8 Å². The molecule has 12 nitrogen and oxygen atoms in total. The zero-order valence-electron chi connectivity index (χ0n) is 16.6. The van der Waals surface area contributed by atoms with Crippen molar-refractivity contribution in [2.75, 3.05) is 18.6 Å². The van der Waals surface area contributed by atoms with Crippen LogP contribution in [0.3, 0.4) is 0 Å². The Morgan fingerprint density at radius 3 is 2.62 bits per heavy atom. The van der Waals surface area contributed by atoms with Crippen LogP contribution in [0.2, 0.25) is 0 Å². The van der Waals surface area contributed by atoms with Crippen molar-refractivity contribution in [1.29, 1.82) is 0 Å². The van der Waals surface area contributed by atoms with Gasteiger partial charge in [-0.05, 0) is 6.92 Å². The molecule has 1 fully saturated rings. The van der Waals surface area contributed by atoms with E-state index in [2.05, 4.69) is 15.5 Å². The number of carbonyl (C=O) groups is 3. The van der Waals surface area contributed by atoms with Gasteiger partial charge in [0, 0.05) is 27.8 Å². The Balaban J connectivity index is 1.60. The quantitative estimate of drug-likeness (QED) is 0.199. The molecule has 2 aliphatic heterocycles. The maximum atomic E-state index is 12.8. The summed E-state index contributed by atoms with van der Waals surface area (Å²) in [7, 11) is 1.24. The molecule has 14 heteroatoms. The molecule has 4 rings (SSSR count). The summed E-state index contributed by atoms with van der Waals surface area (Å²) in [5.41, 5.74) is 4.09. The van der Waals surface area contributed by atoms with Crippen LogP contribution in [-0.2, 0) is 19.2 Å². The van der Waals surface area contributed by atoms with E-state index in [1.165, 1.54) is 31.2 Å². The molecule has 1 aromatic heterocycles. The van der Waals surface area contributed by atoms with E-state index in [0.717, 1.165) is 16.2 Å². The number of carboxylic acid groups (broad SMARTS) is 1. The predicted octanol–water partition coefficient (Wildman–Crippen LogP) is -1.12. The Labute approximate surface area is 187 Å². The molecule has 4 N–H and O–H groups in total. The standard InChI is InChI=1S/C18H15N5O7S2/c1-5-8(13(25)12(5)24)6-3-31-16-10(15(27)23(16)11(6)17(28)29)21-14(26)9(22-30-2)7-4-32-18(19)20-7/h4,10,16H,3H2,1-2H3,(H2,19,20)(H,21,26)(H,28,29)/b22-9+/t10?,16-/m1/s1. The molecule has 3 heterocycles. The first-order valence-electron chi connectivity index (χ1n) is 9.02. The third-order valence-electron chi connectivity index (χ3n) is 5.07. The zero-order chi connectivity index (χ0) is 23.3. The normalized spacial score (nSPS) is 20.8. The minimum atomic E-state index is -1.41. The van der Waals surface area contributed by atoms with Crippen molar-refractivity contribution < 1.29 is 24.3 Å². The lowest BCUT2D eigenvalue weighted by Crippen LogP contribution is -2.71. The number of anilines is 1.